The highest BCUT2D eigenvalue weighted by Gasteiger charge is 2.24. The lowest BCUT2D eigenvalue weighted by Crippen LogP contribution is -2.40. The molecular weight excluding hydrogens is 343 g/mol. The van der Waals surface area contributed by atoms with Crippen LogP contribution >= 0.6 is 0 Å². The van der Waals surface area contributed by atoms with E-state index in [0.29, 0.717) is 30.6 Å². The van der Waals surface area contributed by atoms with Gasteiger partial charge < -0.3 is 10.2 Å². The fraction of sp³-hybridized carbons (Fsp3) is 0.476. The van der Waals surface area contributed by atoms with Crippen LogP contribution in [0.3, 0.4) is 0 Å². The Bertz CT molecular complexity index is 778. The van der Waals surface area contributed by atoms with Gasteiger partial charge in [0.25, 0.3) is 5.91 Å². The van der Waals surface area contributed by atoms with Gasteiger partial charge in [-0.2, -0.15) is 0 Å². The number of aryl methyl sites for hydroxylation is 1. The molecule has 0 bridgehead atoms. The third kappa shape index (κ3) is 5.02. The van der Waals surface area contributed by atoms with Crippen molar-refractivity contribution in [1.29, 1.82) is 0 Å². The Labute approximate surface area is 160 Å². The molecule has 6 heteroatoms. The molecule has 0 aliphatic carbocycles. The Balaban J connectivity index is 1.65. The first-order chi connectivity index (χ1) is 13.1. The summed E-state index contributed by atoms with van der Waals surface area (Å²) in [7, 11) is 0. The zero-order chi connectivity index (χ0) is 19.2. The number of hydrogen-bond donors (Lipinski definition) is 1. The van der Waals surface area contributed by atoms with Crippen LogP contribution in [-0.2, 0) is 6.42 Å². The van der Waals surface area contributed by atoms with Crippen LogP contribution in [-0.4, -0.2) is 35.0 Å². The van der Waals surface area contributed by atoms with Gasteiger partial charge in [-0.25, -0.2) is 14.4 Å². The number of carbonyl (C=O) groups is 1. The van der Waals surface area contributed by atoms with Gasteiger partial charge in [0, 0.05) is 24.8 Å². The van der Waals surface area contributed by atoms with Crippen LogP contribution in [0.5, 0.6) is 0 Å². The van der Waals surface area contributed by atoms with E-state index in [0.717, 1.165) is 37.1 Å². The molecule has 1 atom stereocenters. The van der Waals surface area contributed by atoms with Crippen LogP contribution in [0.4, 0.5) is 10.3 Å². The normalized spacial score (nSPS) is 17.0. The van der Waals surface area contributed by atoms with Gasteiger partial charge in [0.2, 0.25) is 5.95 Å². The van der Waals surface area contributed by atoms with Crippen LogP contribution < -0.4 is 10.2 Å². The maximum absolute atomic E-state index is 13.0. The van der Waals surface area contributed by atoms with E-state index in [1.807, 2.05) is 6.92 Å². The van der Waals surface area contributed by atoms with Gasteiger partial charge >= 0.3 is 0 Å². The molecule has 0 radical (unpaired) electrons. The van der Waals surface area contributed by atoms with Crippen molar-refractivity contribution in [2.75, 3.05) is 18.0 Å². The number of aromatic nitrogens is 2. The smallest absolute Gasteiger partial charge is 0.270 e. The van der Waals surface area contributed by atoms with E-state index in [2.05, 4.69) is 27.1 Å². The molecule has 1 fully saturated rings. The van der Waals surface area contributed by atoms with Gasteiger partial charge in [-0.3, -0.25) is 4.79 Å². The molecule has 1 unspecified atom stereocenters. The largest absolute Gasteiger partial charge is 0.350 e. The number of nitrogens with one attached hydrogen (secondary N) is 1. The zero-order valence-corrected chi connectivity index (χ0v) is 16.0. The van der Waals surface area contributed by atoms with Crippen LogP contribution in [0.2, 0.25) is 0 Å². The fourth-order valence-corrected chi connectivity index (χ4v) is 3.55. The average molecular weight is 370 g/mol. The summed E-state index contributed by atoms with van der Waals surface area (Å²) in [6, 6.07) is 8.49. The van der Waals surface area contributed by atoms with Crippen molar-refractivity contribution < 1.29 is 9.18 Å². The summed E-state index contributed by atoms with van der Waals surface area (Å²) < 4.78 is 13.0. The minimum Gasteiger partial charge on any atom is -0.350 e. The molecule has 0 spiro atoms. The summed E-state index contributed by atoms with van der Waals surface area (Å²) in [5.74, 6) is 0.203. The van der Waals surface area contributed by atoms with Gasteiger partial charge in [0.05, 0.1) is 0 Å². The standard InChI is InChI=1S/C21H27FN4O/c1-3-18-6-4-5-13-26(18)21-24-15(2)14-19(25-21)20(27)23-12-11-16-7-9-17(22)10-8-16/h7-10,14,18H,3-6,11-13H2,1-2H3,(H,23,27). The fourth-order valence-electron chi connectivity index (χ4n) is 3.55. The number of rotatable bonds is 6. The molecule has 3 rings (SSSR count). The van der Waals surface area contributed by atoms with Gasteiger partial charge in [-0.15, -0.1) is 0 Å². The summed E-state index contributed by atoms with van der Waals surface area (Å²) in [5.41, 5.74) is 2.18. The third-order valence-corrected chi connectivity index (χ3v) is 5.04. The lowest BCUT2D eigenvalue weighted by molar-refractivity contribution is 0.0949. The van der Waals surface area contributed by atoms with Crippen molar-refractivity contribution in [2.24, 2.45) is 0 Å². The summed E-state index contributed by atoms with van der Waals surface area (Å²) in [6.07, 6.45) is 5.21. The zero-order valence-electron chi connectivity index (χ0n) is 16.0. The highest BCUT2D eigenvalue weighted by molar-refractivity contribution is 5.92. The van der Waals surface area contributed by atoms with Crippen LogP contribution in [0.1, 0.15) is 54.4 Å². The Morgan fingerprint density at radius 1 is 1.26 bits per heavy atom. The predicted octanol–water partition coefficient (Wildman–Crippen LogP) is 3.67. The van der Waals surface area contributed by atoms with Crippen molar-refractivity contribution in [3.63, 3.8) is 0 Å². The van der Waals surface area contributed by atoms with Gasteiger partial charge in [0.15, 0.2) is 0 Å². The summed E-state index contributed by atoms with van der Waals surface area (Å²) in [4.78, 5) is 23.9. The van der Waals surface area contributed by atoms with Crippen LogP contribution in [0.15, 0.2) is 30.3 Å². The van der Waals surface area contributed by atoms with E-state index in [1.54, 1.807) is 18.2 Å². The van der Waals surface area contributed by atoms with Crippen molar-refractivity contribution in [1.82, 2.24) is 15.3 Å². The summed E-state index contributed by atoms with van der Waals surface area (Å²) in [6.45, 7) is 5.49. The quantitative estimate of drug-likeness (QED) is 0.843. The van der Waals surface area contributed by atoms with E-state index in [1.165, 1.54) is 18.6 Å². The predicted molar refractivity (Wildman–Crippen MR) is 104 cm³/mol. The number of halogens is 1. The Morgan fingerprint density at radius 2 is 2.04 bits per heavy atom. The maximum atomic E-state index is 13.0. The first-order valence-electron chi connectivity index (χ1n) is 9.71. The molecule has 1 amide bonds. The number of benzene rings is 1. The molecule has 27 heavy (non-hydrogen) atoms. The number of anilines is 1. The second-order valence-corrected chi connectivity index (χ2v) is 7.08. The summed E-state index contributed by atoms with van der Waals surface area (Å²) >= 11 is 0. The van der Waals surface area contributed by atoms with E-state index in [4.69, 9.17) is 0 Å². The Kier molecular flexibility index (Phi) is 6.37. The molecule has 1 aliphatic rings. The van der Waals surface area contributed by atoms with E-state index in [9.17, 15) is 9.18 Å². The van der Waals surface area contributed by atoms with E-state index in [-0.39, 0.29) is 11.7 Å². The monoisotopic (exact) mass is 370 g/mol. The topological polar surface area (TPSA) is 58.1 Å². The van der Waals surface area contributed by atoms with Crippen molar-refractivity contribution in [3.05, 3.63) is 53.1 Å². The minimum atomic E-state index is -0.255. The first kappa shape index (κ1) is 19.3. The minimum absolute atomic E-state index is 0.200. The number of carbonyl (C=O) groups excluding carboxylic acids is 1. The van der Waals surface area contributed by atoms with Gasteiger partial charge in [-0.1, -0.05) is 19.1 Å². The molecule has 144 valence electrons. The maximum Gasteiger partial charge on any atom is 0.270 e. The van der Waals surface area contributed by atoms with E-state index < -0.39 is 0 Å². The molecule has 0 saturated carbocycles. The Hall–Kier alpha value is -2.50. The second-order valence-electron chi connectivity index (χ2n) is 7.08. The highest BCUT2D eigenvalue weighted by atomic mass is 19.1. The first-order valence-corrected chi connectivity index (χ1v) is 9.71. The lowest BCUT2D eigenvalue weighted by Gasteiger charge is -2.35. The van der Waals surface area contributed by atoms with Crippen molar-refractivity contribution in [3.8, 4) is 0 Å². The summed E-state index contributed by atoms with van der Waals surface area (Å²) in [5, 5.41) is 2.90. The van der Waals surface area contributed by atoms with Gasteiger partial charge in [-0.05, 0) is 62.8 Å². The van der Waals surface area contributed by atoms with Gasteiger partial charge in [0.1, 0.15) is 11.5 Å². The van der Waals surface area contributed by atoms with Crippen molar-refractivity contribution >= 4 is 11.9 Å². The number of piperidine rings is 1. The van der Waals surface area contributed by atoms with Crippen LogP contribution in [0, 0.1) is 12.7 Å². The molecule has 1 aromatic heterocycles. The third-order valence-electron chi connectivity index (χ3n) is 5.04. The average Bonchev–Trinajstić information content (AvgIpc) is 2.69. The molecule has 2 heterocycles. The second kappa shape index (κ2) is 8.93. The highest BCUT2D eigenvalue weighted by Crippen LogP contribution is 2.24. The molecule has 1 aromatic carbocycles. The number of nitrogens with zero attached hydrogens (tertiary/aromatic N) is 3. The molecule has 1 N–H and O–H groups in total. The molecule has 5 nitrogen and oxygen atoms in total. The Morgan fingerprint density at radius 3 is 2.78 bits per heavy atom. The van der Waals surface area contributed by atoms with E-state index >= 15 is 0 Å². The molecule has 1 aliphatic heterocycles. The SMILES string of the molecule is CCC1CCCCN1c1nc(C)cc(C(=O)NCCc2ccc(F)cc2)n1. The van der Waals surface area contributed by atoms with Crippen LogP contribution in [0.25, 0.3) is 0 Å². The number of hydrogen-bond acceptors (Lipinski definition) is 4. The molecule has 1 saturated heterocycles. The molecule has 2 aromatic rings. The number of amides is 1. The molecular formula is C21H27FN4O. The lowest BCUT2D eigenvalue weighted by atomic mass is 10.0. The van der Waals surface area contributed by atoms with Crippen molar-refractivity contribution in [2.45, 2.75) is 52.0 Å².